The molecule has 2 aromatic carbocycles. The average Bonchev–Trinajstić information content (AvgIpc) is 3.20. The number of fused-ring (bicyclic) bond motifs is 1. The number of piperidine rings is 1. The van der Waals surface area contributed by atoms with Gasteiger partial charge in [-0.25, -0.2) is 4.79 Å². The Labute approximate surface area is 162 Å². The molecule has 144 valence electrons. The molecule has 1 saturated heterocycles. The van der Waals surface area contributed by atoms with E-state index in [4.69, 9.17) is 14.2 Å². The molecule has 0 aliphatic carbocycles. The largest absolute Gasteiger partial charge is 0.465 e. The smallest absolute Gasteiger partial charge is 0.407 e. The minimum Gasteiger partial charge on any atom is -0.465 e. The van der Waals surface area contributed by atoms with Gasteiger partial charge in [-0.15, -0.1) is 0 Å². The Morgan fingerprint density at radius 2 is 2.07 bits per heavy atom. The monoisotopic (exact) mass is 380 g/mol. The molecule has 7 heteroatoms. The van der Waals surface area contributed by atoms with Crippen LogP contribution in [0.4, 0.5) is 4.79 Å². The van der Waals surface area contributed by atoms with Gasteiger partial charge in [0.2, 0.25) is 6.79 Å². The summed E-state index contributed by atoms with van der Waals surface area (Å²) in [5.41, 5.74) is 2.39. The number of amides is 1. The van der Waals surface area contributed by atoms with E-state index in [0.29, 0.717) is 30.0 Å². The maximum Gasteiger partial charge on any atom is 0.407 e. The molecule has 0 aromatic heterocycles. The van der Waals surface area contributed by atoms with E-state index in [1.165, 1.54) is 4.90 Å². The molecule has 1 N–H and O–H groups in total. The number of carboxylic acid groups (broad SMARTS) is 1. The van der Waals surface area contributed by atoms with E-state index in [0.717, 1.165) is 11.1 Å². The zero-order valence-corrected chi connectivity index (χ0v) is 15.2. The molecular formula is C21H20N2O5. The summed E-state index contributed by atoms with van der Waals surface area (Å²) in [5, 5.41) is 18.7. The predicted octanol–water partition coefficient (Wildman–Crippen LogP) is 3.34. The second-order valence-electron chi connectivity index (χ2n) is 6.85. The highest BCUT2D eigenvalue weighted by Gasteiger charge is 2.34. The molecule has 0 radical (unpaired) electrons. The van der Waals surface area contributed by atoms with Crippen LogP contribution >= 0.6 is 0 Å². The van der Waals surface area contributed by atoms with Gasteiger partial charge in [0.15, 0.2) is 11.5 Å². The van der Waals surface area contributed by atoms with Gasteiger partial charge in [-0.3, -0.25) is 0 Å². The van der Waals surface area contributed by atoms with Gasteiger partial charge < -0.3 is 24.2 Å². The fourth-order valence-corrected chi connectivity index (χ4v) is 3.74. The van der Waals surface area contributed by atoms with Gasteiger partial charge in [-0.1, -0.05) is 24.3 Å². The fourth-order valence-electron chi connectivity index (χ4n) is 3.74. The summed E-state index contributed by atoms with van der Waals surface area (Å²) >= 11 is 0. The van der Waals surface area contributed by atoms with Gasteiger partial charge in [0.25, 0.3) is 0 Å². The van der Waals surface area contributed by atoms with Crippen LogP contribution in [-0.2, 0) is 11.3 Å². The summed E-state index contributed by atoms with van der Waals surface area (Å²) in [5.74, 6) is 1.44. The number of ether oxygens (including phenoxy) is 3. The second kappa shape index (κ2) is 7.79. The summed E-state index contributed by atoms with van der Waals surface area (Å²) in [7, 11) is 0. The zero-order valence-electron chi connectivity index (χ0n) is 15.2. The first-order valence-electron chi connectivity index (χ1n) is 9.12. The number of rotatable bonds is 4. The molecule has 1 amide bonds. The molecular weight excluding hydrogens is 360 g/mol. The van der Waals surface area contributed by atoms with Crippen molar-refractivity contribution in [3.05, 3.63) is 59.2 Å². The Morgan fingerprint density at radius 3 is 2.89 bits per heavy atom. The van der Waals surface area contributed by atoms with Crippen LogP contribution in [0.5, 0.6) is 11.5 Å². The van der Waals surface area contributed by atoms with Crippen molar-refractivity contribution in [3.8, 4) is 17.6 Å². The molecule has 2 aromatic rings. The fraction of sp³-hybridized carbons (Fsp3) is 0.333. The highest BCUT2D eigenvalue weighted by Crippen LogP contribution is 2.38. The van der Waals surface area contributed by atoms with Gasteiger partial charge in [0.05, 0.1) is 30.9 Å². The summed E-state index contributed by atoms with van der Waals surface area (Å²) in [6.07, 6.45) is -0.622. The lowest BCUT2D eigenvalue weighted by atomic mass is 9.86. The third-order valence-electron chi connectivity index (χ3n) is 5.25. The molecule has 0 bridgehead atoms. The molecule has 28 heavy (non-hydrogen) atoms. The lowest BCUT2D eigenvalue weighted by Crippen LogP contribution is -2.46. The van der Waals surface area contributed by atoms with Crippen LogP contribution in [0.2, 0.25) is 0 Å². The summed E-state index contributed by atoms with van der Waals surface area (Å²) < 4.78 is 17.0. The van der Waals surface area contributed by atoms with Crippen LogP contribution in [0.3, 0.4) is 0 Å². The van der Waals surface area contributed by atoms with Crippen LogP contribution in [0.25, 0.3) is 0 Å². The topological polar surface area (TPSA) is 92.0 Å². The van der Waals surface area contributed by atoms with E-state index in [-0.39, 0.29) is 32.0 Å². The van der Waals surface area contributed by atoms with Crippen LogP contribution in [0, 0.1) is 11.3 Å². The van der Waals surface area contributed by atoms with Crippen molar-refractivity contribution in [2.45, 2.75) is 25.0 Å². The van der Waals surface area contributed by atoms with Gasteiger partial charge in [-0.05, 0) is 35.7 Å². The summed E-state index contributed by atoms with van der Waals surface area (Å²) in [6.45, 7) is 1.19. The zero-order chi connectivity index (χ0) is 19.5. The normalized spacial score (nSPS) is 20.6. The van der Waals surface area contributed by atoms with Crippen molar-refractivity contribution in [3.63, 3.8) is 0 Å². The highest BCUT2D eigenvalue weighted by atomic mass is 16.7. The van der Waals surface area contributed by atoms with Gasteiger partial charge in [-0.2, -0.15) is 5.26 Å². The van der Waals surface area contributed by atoms with Crippen molar-refractivity contribution in [1.29, 1.82) is 5.26 Å². The van der Waals surface area contributed by atoms with Crippen LogP contribution in [0.15, 0.2) is 42.5 Å². The Bertz CT molecular complexity index is 923. The number of hydrogen-bond donors (Lipinski definition) is 1. The third kappa shape index (κ3) is 3.59. The van der Waals surface area contributed by atoms with E-state index < -0.39 is 6.09 Å². The number of carbonyl (C=O) groups is 1. The molecule has 2 aliphatic heterocycles. The van der Waals surface area contributed by atoms with Crippen molar-refractivity contribution < 1.29 is 24.1 Å². The first-order chi connectivity index (χ1) is 13.7. The Kier molecular flexibility index (Phi) is 5.04. The van der Waals surface area contributed by atoms with E-state index in [1.807, 2.05) is 36.4 Å². The Balaban J connectivity index is 1.56. The highest BCUT2D eigenvalue weighted by molar-refractivity contribution is 5.65. The first-order valence-corrected chi connectivity index (χ1v) is 9.12. The Morgan fingerprint density at radius 1 is 1.25 bits per heavy atom. The van der Waals surface area contributed by atoms with Crippen molar-refractivity contribution in [1.82, 2.24) is 4.90 Å². The lowest BCUT2D eigenvalue weighted by Gasteiger charge is -2.37. The first kappa shape index (κ1) is 18.1. The van der Waals surface area contributed by atoms with Crippen molar-refractivity contribution in [2.75, 3.05) is 19.9 Å². The maximum absolute atomic E-state index is 11.5. The molecule has 7 nitrogen and oxygen atoms in total. The van der Waals surface area contributed by atoms with Gasteiger partial charge >= 0.3 is 6.09 Å². The van der Waals surface area contributed by atoms with E-state index in [9.17, 15) is 15.2 Å². The standard InChI is InChI=1S/C21H20N2O5/c22-10-15-3-1-2-4-16(15)12-26-20-11-23(21(24)25)8-7-17(20)14-5-6-18-19(9-14)28-13-27-18/h1-6,9,17,20H,7-8,11-13H2,(H,24,25). The molecule has 2 heterocycles. The summed E-state index contributed by atoms with van der Waals surface area (Å²) in [4.78, 5) is 12.8. The molecule has 1 fully saturated rings. The quantitative estimate of drug-likeness (QED) is 0.875. The molecule has 2 unspecified atom stereocenters. The average molecular weight is 380 g/mol. The number of likely N-dealkylation sites (tertiary alicyclic amines) is 1. The molecule has 4 rings (SSSR count). The number of nitriles is 1. The van der Waals surface area contributed by atoms with E-state index in [1.54, 1.807) is 6.07 Å². The third-order valence-corrected chi connectivity index (χ3v) is 5.25. The van der Waals surface area contributed by atoms with Crippen molar-refractivity contribution in [2.24, 2.45) is 0 Å². The van der Waals surface area contributed by atoms with Crippen LogP contribution < -0.4 is 9.47 Å². The number of nitrogens with zero attached hydrogens (tertiary/aromatic N) is 2. The summed E-state index contributed by atoms with van der Waals surface area (Å²) in [6, 6.07) is 15.2. The van der Waals surface area contributed by atoms with E-state index >= 15 is 0 Å². The SMILES string of the molecule is N#Cc1ccccc1COC1CN(C(=O)O)CCC1c1ccc2c(c1)OCO2. The second-order valence-corrected chi connectivity index (χ2v) is 6.85. The minimum absolute atomic E-state index is 0.0272. The predicted molar refractivity (Wildman–Crippen MR) is 99.3 cm³/mol. The molecule has 0 spiro atoms. The maximum atomic E-state index is 11.5. The van der Waals surface area contributed by atoms with Gasteiger partial charge in [0.1, 0.15) is 0 Å². The molecule has 0 saturated carbocycles. The number of benzene rings is 2. The Hall–Kier alpha value is -3.24. The van der Waals surface area contributed by atoms with E-state index in [2.05, 4.69) is 6.07 Å². The van der Waals surface area contributed by atoms with Gasteiger partial charge in [0, 0.05) is 12.5 Å². The molecule has 2 atom stereocenters. The van der Waals surface area contributed by atoms with Crippen LogP contribution in [0.1, 0.15) is 29.0 Å². The lowest BCUT2D eigenvalue weighted by molar-refractivity contribution is -0.0200. The number of hydrogen-bond acceptors (Lipinski definition) is 5. The minimum atomic E-state index is -0.949. The molecule has 2 aliphatic rings. The van der Waals surface area contributed by atoms with Crippen LogP contribution in [-0.4, -0.2) is 42.1 Å². The van der Waals surface area contributed by atoms with Crippen molar-refractivity contribution >= 4 is 6.09 Å².